The van der Waals surface area contributed by atoms with Crippen LogP contribution in [0.25, 0.3) is 11.3 Å². The molecule has 1 fully saturated rings. The first-order valence-electron chi connectivity index (χ1n) is 11.7. The summed E-state index contributed by atoms with van der Waals surface area (Å²) < 4.78 is 16.6. The average Bonchev–Trinajstić information content (AvgIpc) is 3.59. The summed E-state index contributed by atoms with van der Waals surface area (Å²) in [5, 5.41) is 7.25. The molecule has 0 spiro atoms. The number of piperidine rings is 1. The number of aromatic amines is 1. The van der Waals surface area contributed by atoms with Crippen molar-refractivity contribution < 1.29 is 18.7 Å². The normalized spacial score (nSPS) is 15.7. The van der Waals surface area contributed by atoms with E-state index >= 15 is 0 Å². The maximum absolute atomic E-state index is 13.2. The lowest BCUT2D eigenvalue weighted by Crippen LogP contribution is -2.39. The molecular weight excluding hydrogens is 444 g/mol. The van der Waals surface area contributed by atoms with Crippen LogP contribution in [0, 0.1) is 0 Å². The highest BCUT2D eigenvalue weighted by atomic mass is 16.5. The Kier molecular flexibility index (Phi) is 6.52. The van der Waals surface area contributed by atoms with Crippen molar-refractivity contribution in [2.75, 3.05) is 27.3 Å². The van der Waals surface area contributed by atoms with E-state index in [4.69, 9.17) is 13.9 Å². The molecule has 8 nitrogen and oxygen atoms in total. The lowest BCUT2D eigenvalue weighted by molar-refractivity contribution is 0.0692. The van der Waals surface area contributed by atoms with Crippen LogP contribution in [-0.4, -0.2) is 53.3 Å². The number of benzene rings is 2. The molecule has 1 unspecified atom stereocenters. The van der Waals surface area contributed by atoms with Gasteiger partial charge in [0.2, 0.25) is 0 Å². The molecule has 8 heteroatoms. The van der Waals surface area contributed by atoms with Gasteiger partial charge in [0, 0.05) is 25.1 Å². The highest BCUT2D eigenvalue weighted by molar-refractivity contribution is 5.93. The first-order chi connectivity index (χ1) is 17.1. The van der Waals surface area contributed by atoms with Crippen molar-refractivity contribution in [3.05, 3.63) is 83.7 Å². The summed E-state index contributed by atoms with van der Waals surface area (Å²) in [6.07, 6.45) is 4.27. The molecule has 3 heterocycles. The lowest BCUT2D eigenvalue weighted by Gasteiger charge is -2.30. The Hall–Kier alpha value is -4.07. The van der Waals surface area contributed by atoms with Crippen molar-refractivity contribution in [1.82, 2.24) is 20.1 Å². The molecule has 1 aliphatic rings. The Labute approximate surface area is 203 Å². The van der Waals surface area contributed by atoms with Crippen molar-refractivity contribution in [2.45, 2.75) is 25.2 Å². The van der Waals surface area contributed by atoms with Gasteiger partial charge in [-0.05, 0) is 48.7 Å². The van der Waals surface area contributed by atoms with E-state index in [1.807, 2.05) is 53.4 Å². The van der Waals surface area contributed by atoms with Crippen molar-refractivity contribution in [3.8, 4) is 22.8 Å². The van der Waals surface area contributed by atoms with E-state index in [1.54, 1.807) is 26.5 Å². The molecule has 2 aromatic heterocycles. The minimum atomic E-state index is -0.0682. The van der Waals surface area contributed by atoms with E-state index in [1.165, 1.54) is 0 Å². The second-order valence-electron chi connectivity index (χ2n) is 8.68. The zero-order valence-electron chi connectivity index (χ0n) is 19.9. The number of oxazole rings is 1. The van der Waals surface area contributed by atoms with Gasteiger partial charge in [-0.1, -0.05) is 24.3 Å². The Bertz CT molecular complexity index is 1290. The molecule has 0 bridgehead atoms. The van der Waals surface area contributed by atoms with Gasteiger partial charge >= 0.3 is 0 Å². The maximum atomic E-state index is 13.2. The summed E-state index contributed by atoms with van der Waals surface area (Å²) in [5.41, 5.74) is 3.19. The molecule has 0 radical (unpaired) electrons. The summed E-state index contributed by atoms with van der Waals surface area (Å²) in [4.78, 5) is 19.6. The molecule has 5 rings (SSSR count). The number of ether oxygens (including phenoxy) is 2. The molecule has 1 atom stereocenters. The molecular formula is C27H28N4O4. The SMILES string of the molecule is COc1ccc(Cc2cnc(C3CCCN(C(=O)c4cc(-c5cccc(OC)c5)n[nH]4)C3)o2)cc1. The number of hydrogen-bond acceptors (Lipinski definition) is 6. The molecule has 4 aromatic rings. The molecule has 1 amide bonds. The standard InChI is InChI=1S/C27H28N4O4/c1-33-21-10-8-18(9-11-21)13-23-16-28-26(35-23)20-6-4-12-31(17-20)27(32)25-15-24(29-30-25)19-5-3-7-22(14-19)34-2/h3,5,7-11,14-16,20H,4,6,12-13,17H2,1-2H3,(H,29,30). The van der Waals surface area contributed by atoms with E-state index in [-0.39, 0.29) is 11.8 Å². The number of amides is 1. The highest BCUT2D eigenvalue weighted by Gasteiger charge is 2.29. The maximum Gasteiger partial charge on any atom is 0.271 e. The number of nitrogens with zero attached hydrogens (tertiary/aromatic N) is 3. The molecule has 0 saturated carbocycles. The van der Waals surface area contributed by atoms with Crippen LogP contribution in [0.5, 0.6) is 11.5 Å². The predicted molar refractivity (Wildman–Crippen MR) is 131 cm³/mol. The third kappa shape index (κ3) is 5.06. The summed E-state index contributed by atoms with van der Waals surface area (Å²) in [6, 6.07) is 17.3. The summed E-state index contributed by atoms with van der Waals surface area (Å²) >= 11 is 0. The molecule has 1 aliphatic heterocycles. The van der Waals surface area contributed by atoms with Gasteiger partial charge in [0.05, 0.1) is 32.0 Å². The van der Waals surface area contributed by atoms with E-state index < -0.39 is 0 Å². The Morgan fingerprint density at radius 1 is 1.11 bits per heavy atom. The van der Waals surface area contributed by atoms with E-state index in [0.717, 1.165) is 41.2 Å². The van der Waals surface area contributed by atoms with Gasteiger partial charge in [-0.2, -0.15) is 5.10 Å². The number of rotatable bonds is 7. The number of H-pyrrole nitrogens is 1. The second kappa shape index (κ2) is 10.0. The zero-order chi connectivity index (χ0) is 24.2. The number of carbonyl (C=O) groups excluding carboxylic acids is 1. The van der Waals surface area contributed by atoms with Crippen molar-refractivity contribution in [1.29, 1.82) is 0 Å². The van der Waals surface area contributed by atoms with Crippen LogP contribution < -0.4 is 9.47 Å². The van der Waals surface area contributed by atoms with Crippen LogP contribution in [0.1, 0.15) is 46.5 Å². The lowest BCUT2D eigenvalue weighted by atomic mass is 9.97. The topological polar surface area (TPSA) is 93.5 Å². The van der Waals surface area contributed by atoms with Crippen LogP contribution in [0.4, 0.5) is 0 Å². The Balaban J connectivity index is 1.24. The van der Waals surface area contributed by atoms with Crippen LogP contribution in [0.3, 0.4) is 0 Å². The molecule has 1 N–H and O–H groups in total. The van der Waals surface area contributed by atoms with Gasteiger partial charge in [0.1, 0.15) is 23.0 Å². The van der Waals surface area contributed by atoms with Crippen LogP contribution >= 0.6 is 0 Å². The third-order valence-corrected chi connectivity index (χ3v) is 6.34. The molecule has 2 aromatic carbocycles. The number of likely N-dealkylation sites (tertiary alicyclic amines) is 1. The van der Waals surface area contributed by atoms with Gasteiger partial charge in [-0.25, -0.2) is 4.98 Å². The first-order valence-corrected chi connectivity index (χ1v) is 11.7. The largest absolute Gasteiger partial charge is 0.497 e. The average molecular weight is 473 g/mol. The first kappa shape index (κ1) is 22.7. The molecule has 1 saturated heterocycles. The minimum Gasteiger partial charge on any atom is -0.497 e. The quantitative estimate of drug-likeness (QED) is 0.419. The predicted octanol–water partition coefficient (Wildman–Crippen LogP) is 4.69. The number of nitrogens with one attached hydrogen (secondary N) is 1. The van der Waals surface area contributed by atoms with Crippen LogP contribution in [0.15, 0.2) is 65.2 Å². The molecule has 35 heavy (non-hydrogen) atoms. The number of carbonyl (C=O) groups is 1. The van der Waals surface area contributed by atoms with Crippen molar-refractivity contribution in [2.24, 2.45) is 0 Å². The fourth-order valence-corrected chi connectivity index (χ4v) is 4.43. The number of hydrogen-bond donors (Lipinski definition) is 1. The minimum absolute atomic E-state index is 0.0677. The van der Waals surface area contributed by atoms with Crippen molar-refractivity contribution >= 4 is 5.91 Å². The van der Waals surface area contributed by atoms with Gasteiger partial charge in [-0.3, -0.25) is 9.89 Å². The number of methoxy groups -OCH3 is 2. The van der Waals surface area contributed by atoms with Gasteiger partial charge < -0.3 is 18.8 Å². The van der Waals surface area contributed by atoms with E-state index in [2.05, 4.69) is 15.2 Å². The smallest absolute Gasteiger partial charge is 0.271 e. The number of aromatic nitrogens is 3. The van der Waals surface area contributed by atoms with Crippen molar-refractivity contribution in [3.63, 3.8) is 0 Å². The van der Waals surface area contributed by atoms with Crippen LogP contribution in [0.2, 0.25) is 0 Å². The summed E-state index contributed by atoms with van der Waals surface area (Å²) in [5.74, 6) is 3.07. The van der Waals surface area contributed by atoms with Gasteiger partial charge in [0.25, 0.3) is 5.91 Å². The van der Waals surface area contributed by atoms with Crippen LogP contribution in [-0.2, 0) is 6.42 Å². The second-order valence-corrected chi connectivity index (χ2v) is 8.68. The Morgan fingerprint density at radius 3 is 2.74 bits per heavy atom. The fraction of sp³-hybridized carbons (Fsp3) is 0.296. The molecule has 180 valence electrons. The van der Waals surface area contributed by atoms with Gasteiger partial charge in [-0.15, -0.1) is 0 Å². The molecule has 0 aliphatic carbocycles. The highest BCUT2D eigenvalue weighted by Crippen LogP contribution is 2.29. The monoisotopic (exact) mass is 472 g/mol. The fourth-order valence-electron chi connectivity index (χ4n) is 4.43. The van der Waals surface area contributed by atoms with Gasteiger partial charge in [0.15, 0.2) is 5.89 Å². The third-order valence-electron chi connectivity index (χ3n) is 6.34. The summed E-state index contributed by atoms with van der Waals surface area (Å²) in [6.45, 7) is 1.26. The Morgan fingerprint density at radius 2 is 1.94 bits per heavy atom. The van der Waals surface area contributed by atoms with E-state index in [9.17, 15) is 4.79 Å². The van der Waals surface area contributed by atoms with E-state index in [0.29, 0.717) is 36.8 Å². The zero-order valence-corrected chi connectivity index (χ0v) is 19.9. The summed E-state index contributed by atoms with van der Waals surface area (Å²) in [7, 11) is 3.28.